The van der Waals surface area contributed by atoms with Gasteiger partial charge in [0, 0.05) is 37.4 Å². The third-order valence-corrected chi connectivity index (χ3v) is 3.86. The summed E-state index contributed by atoms with van der Waals surface area (Å²) in [4.78, 5) is 7.13. The Bertz CT molecular complexity index is 396. The lowest BCUT2D eigenvalue weighted by atomic mass is 10.2. The van der Waals surface area contributed by atoms with Crippen molar-refractivity contribution >= 4 is 5.82 Å². The average molecular weight is 245 g/mol. The molecule has 0 spiro atoms. The lowest BCUT2D eigenvalue weighted by molar-refractivity contribution is 0.244. The van der Waals surface area contributed by atoms with Crippen molar-refractivity contribution in [3.8, 4) is 0 Å². The van der Waals surface area contributed by atoms with E-state index < -0.39 is 0 Å². The molecule has 0 amide bonds. The van der Waals surface area contributed by atoms with Crippen molar-refractivity contribution in [2.45, 2.75) is 45.2 Å². The van der Waals surface area contributed by atoms with Gasteiger partial charge in [-0.05, 0) is 44.6 Å². The Balaban J connectivity index is 1.68. The van der Waals surface area contributed by atoms with Gasteiger partial charge in [0.2, 0.25) is 0 Å². The first-order chi connectivity index (χ1) is 8.86. The Hall–Kier alpha value is -1.09. The summed E-state index contributed by atoms with van der Waals surface area (Å²) in [7, 11) is 0. The molecular weight excluding hydrogens is 222 g/mol. The fourth-order valence-electron chi connectivity index (χ4n) is 2.53. The molecule has 0 aromatic carbocycles. The van der Waals surface area contributed by atoms with Gasteiger partial charge in [0.25, 0.3) is 0 Å². The quantitative estimate of drug-likeness (QED) is 0.800. The zero-order chi connectivity index (χ0) is 12.4. The summed E-state index contributed by atoms with van der Waals surface area (Å²) in [5, 5.41) is 3.37. The smallest absolute Gasteiger partial charge is 0.130 e. The van der Waals surface area contributed by atoms with Crippen LogP contribution in [-0.2, 0) is 6.54 Å². The molecule has 1 N–H and O–H groups in total. The summed E-state index contributed by atoms with van der Waals surface area (Å²) in [5.41, 5.74) is 1.35. The van der Waals surface area contributed by atoms with Crippen LogP contribution in [0.4, 0.5) is 5.82 Å². The van der Waals surface area contributed by atoms with Crippen LogP contribution in [0.25, 0.3) is 0 Å². The highest BCUT2D eigenvalue weighted by atomic mass is 15.2. The van der Waals surface area contributed by atoms with Crippen LogP contribution < -0.4 is 5.32 Å². The van der Waals surface area contributed by atoms with Gasteiger partial charge in [0.1, 0.15) is 5.82 Å². The predicted molar refractivity (Wildman–Crippen MR) is 74.6 cm³/mol. The van der Waals surface area contributed by atoms with Crippen LogP contribution in [0, 0.1) is 5.92 Å². The fourth-order valence-corrected chi connectivity index (χ4v) is 2.53. The first kappa shape index (κ1) is 12.0. The number of hydrogen-bond donors (Lipinski definition) is 1. The standard InChI is InChI=1S/C15H23N3/c1-2-16-15-13(4-3-9-17-15)11-18(14-7-8-14)10-12-5-6-12/h3-4,9,12,14H,2,5-8,10-11H2,1H3,(H,16,17). The van der Waals surface area contributed by atoms with Crippen LogP contribution >= 0.6 is 0 Å². The van der Waals surface area contributed by atoms with Gasteiger partial charge < -0.3 is 5.32 Å². The molecule has 2 saturated carbocycles. The molecule has 0 radical (unpaired) electrons. The molecule has 0 saturated heterocycles. The first-order valence-electron chi connectivity index (χ1n) is 7.28. The number of nitrogens with one attached hydrogen (secondary N) is 1. The van der Waals surface area contributed by atoms with Crippen LogP contribution in [0.2, 0.25) is 0 Å². The number of pyridine rings is 1. The molecule has 98 valence electrons. The summed E-state index contributed by atoms with van der Waals surface area (Å²) < 4.78 is 0. The third kappa shape index (κ3) is 3.02. The molecule has 2 fully saturated rings. The Labute approximate surface area is 110 Å². The minimum absolute atomic E-state index is 0.847. The minimum atomic E-state index is 0.847. The molecule has 1 aromatic heterocycles. The summed E-state index contributed by atoms with van der Waals surface area (Å²) in [5.74, 6) is 2.05. The predicted octanol–water partition coefficient (Wildman–Crippen LogP) is 2.89. The van der Waals surface area contributed by atoms with E-state index >= 15 is 0 Å². The van der Waals surface area contributed by atoms with E-state index in [-0.39, 0.29) is 0 Å². The van der Waals surface area contributed by atoms with Gasteiger partial charge >= 0.3 is 0 Å². The Morgan fingerprint density at radius 3 is 2.83 bits per heavy atom. The second-order valence-electron chi connectivity index (χ2n) is 5.65. The highest BCUT2D eigenvalue weighted by Crippen LogP contribution is 2.36. The van der Waals surface area contributed by atoms with Gasteiger partial charge in [-0.3, -0.25) is 4.90 Å². The van der Waals surface area contributed by atoms with Crippen molar-refractivity contribution in [3.05, 3.63) is 23.9 Å². The number of rotatable bonds is 7. The van der Waals surface area contributed by atoms with E-state index in [4.69, 9.17) is 0 Å². The van der Waals surface area contributed by atoms with E-state index in [0.717, 1.165) is 30.9 Å². The van der Waals surface area contributed by atoms with Crippen LogP contribution in [0.15, 0.2) is 18.3 Å². The van der Waals surface area contributed by atoms with Crippen molar-refractivity contribution in [2.75, 3.05) is 18.4 Å². The number of anilines is 1. The zero-order valence-corrected chi connectivity index (χ0v) is 11.2. The van der Waals surface area contributed by atoms with E-state index in [2.05, 4.69) is 34.3 Å². The van der Waals surface area contributed by atoms with Gasteiger partial charge in [-0.1, -0.05) is 6.07 Å². The molecule has 18 heavy (non-hydrogen) atoms. The fraction of sp³-hybridized carbons (Fsp3) is 0.667. The van der Waals surface area contributed by atoms with Crippen molar-refractivity contribution in [1.82, 2.24) is 9.88 Å². The normalized spacial score (nSPS) is 19.2. The minimum Gasteiger partial charge on any atom is -0.370 e. The molecule has 1 aromatic rings. The van der Waals surface area contributed by atoms with Gasteiger partial charge in [-0.2, -0.15) is 0 Å². The second-order valence-corrected chi connectivity index (χ2v) is 5.65. The molecule has 0 unspecified atom stereocenters. The molecule has 0 bridgehead atoms. The molecule has 1 heterocycles. The Morgan fingerprint density at radius 2 is 2.17 bits per heavy atom. The van der Waals surface area contributed by atoms with Crippen molar-refractivity contribution in [2.24, 2.45) is 5.92 Å². The lowest BCUT2D eigenvalue weighted by Crippen LogP contribution is -2.28. The van der Waals surface area contributed by atoms with Gasteiger partial charge in [0.05, 0.1) is 0 Å². The molecule has 0 aliphatic heterocycles. The SMILES string of the molecule is CCNc1ncccc1CN(CC1CC1)C1CC1. The van der Waals surface area contributed by atoms with E-state index in [1.54, 1.807) is 0 Å². The maximum absolute atomic E-state index is 4.46. The van der Waals surface area contributed by atoms with Gasteiger partial charge in [-0.25, -0.2) is 4.98 Å². The number of aromatic nitrogens is 1. The third-order valence-electron chi connectivity index (χ3n) is 3.86. The van der Waals surface area contributed by atoms with Crippen LogP contribution in [0.1, 0.15) is 38.2 Å². The average Bonchev–Trinajstić information content (AvgIpc) is 3.25. The van der Waals surface area contributed by atoms with E-state index in [1.807, 2.05) is 6.20 Å². The van der Waals surface area contributed by atoms with Crippen molar-refractivity contribution < 1.29 is 0 Å². The highest BCUT2D eigenvalue weighted by Gasteiger charge is 2.33. The molecular formula is C15H23N3. The van der Waals surface area contributed by atoms with Crippen LogP contribution in [0.5, 0.6) is 0 Å². The van der Waals surface area contributed by atoms with Crippen LogP contribution in [-0.4, -0.2) is 29.0 Å². The van der Waals surface area contributed by atoms with Gasteiger partial charge in [-0.15, -0.1) is 0 Å². The van der Waals surface area contributed by atoms with E-state index in [1.165, 1.54) is 37.8 Å². The molecule has 0 atom stereocenters. The zero-order valence-electron chi connectivity index (χ0n) is 11.2. The Kier molecular flexibility index (Phi) is 3.50. The maximum Gasteiger partial charge on any atom is 0.130 e. The summed E-state index contributed by atoms with van der Waals surface area (Å²) in [6.07, 6.45) is 7.55. The summed E-state index contributed by atoms with van der Waals surface area (Å²) in [6.45, 7) is 5.43. The molecule has 3 heteroatoms. The van der Waals surface area contributed by atoms with E-state index in [9.17, 15) is 0 Å². The van der Waals surface area contributed by atoms with Gasteiger partial charge in [0.15, 0.2) is 0 Å². The molecule has 3 rings (SSSR count). The number of hydrogen-bond acceptors (Lipinski definition) is 3. The molecule has 2 aliphatic rings. The van der Waals surface area contributed by atoms with Crippen molar-refractivity contribution in [3.63, 3.8) is 0 Å². The number of nitrogens with zero attached hydrogens (tertiary/aromatic N) is 2. The lowest BCUT2D eigenvalue weighted by Gasteiger charge is -2.23. The van der Waals surface area contributed by atoms with Crippen molar-refractivity contribution in [1.29, 1.82) is 0 Å². The summed E-state index contributed by atoms with van der Waals surface area (Å²) >= 11 is 0. The highest BCUT2D eigenvalue weighted by molar-refractivity contribution is 5.43. The monoisotopic (exact) mass is 245 g/mol. The van der Waals surface area contributed by atoms with E-state index in [0.29, 0.717) is 0 Å². The summed E-state index contributed by atoms with van der Waals surface area (Å²) in [6, 6.07) is 5.12. The molecule has 2 aliphatic carbocycles. The topological polar surface area (TPSA) is 28.2 Å². The first-order valence-corrected chi connectivity index (χ1v) is 7.28. The Morgan fingerprint density at radius 1 is 1.33 bits per heavy atom. The molecule has 3 nitrogen and oxygen atoms in total. The maximum atomic E-state index is 4.46. The largest absolute Gasteiger partial charge is 0.370 e. The van der Waals surface area contributed by atoms with Crippen LogP contribution in [0.3, 0.4) is 0 Å². The second kappa shape index (κ2) is 5.27.